The van der Waals surface area contributed by atoms with Crippen molar-refractivity contribution in [3.05, 3.63) is 29.8 Å². The van der Waals surface area contributed by atoms with Crippen LogP contribution in [0.4, 0.5) is 0 Å². The van der Waals surface area contributed by atoms with E-state index in [9.17, 15) is 9.90 Å². The van der Waals surface area contributed by atoms with Gasteiger partial charge in [-0.25, -0.2) is 4.79 Å². The second-order valence-electron chi connectivity index (χ2n) is 2.90. The average molecular weight is 277 g/mol. The van der Waals surface area contributed by atoms with Crippen LogP contribution in [0.1, 0.15) is 10.4 Å². The lowest BCUT2D eigenvalue weighted by Crippen LogP contribution is -3.00. The molecule has 0 fully saturated rings. The normalized spacial score (nSPS) is 9.18. The van der Waals surface area contributed by atoms with Crippen LogP contribution in [0.15, 0.2) is 24.3 Å². The molecule has 0 radical (unpaired) electrons. The molecule has 0 aliphatic heterocycles. The summed E-state index contributed by atoms with van der Waals surface area (Å²) in [5.74, 6) is -0.166. The summed E-state index contributed by atoms with van der Waals surface area (Å²) in [6, 6.07) is 6.20. The zero-order valence-electron chi connectivity index (χ0n) is 8.93. The number of rotatable bonds is 4. The number of ether oxygens (including phenoxy) is 1. The number of esters is 1. The number of nitrogens with two attached hydrogens (primary N) is 2. The van der Waals surface area contributed by atoms with Gasteiger partial charge in [-0.1, -0.05) is 12.1 Å². The van der Waals surface area contributed by atoms with E-state index < -0.39 is 5.97 Å². The largest absolute Gasteiger partial charge is 1.00 e. The first kappa shape index (κ1) is 15.6. The SMILES string of the molecule is NC(=[NH2+])SCCOC(=O)c1ccccc1O.[Cl-]. The van der Waals surface area contributed by atoms with Gasteiger partial charge in [0, 0.05) is 5.75 Å². The molecule has 94 valence electrons. The first-order chi connectivity index (χ1) is 7.61. The van der Waals surface area contributed by atoms with Crippen LogP contribution in [0.5, 0.6) is 5.75 Å². The highest BCUT2D eigenvalue weighted by molar-refractivity contribution is 8.13. The molecular formula is C10H13ClN2O3S. The van der Waals surface area contributed by atoms with Crippen molar-refractivity contribution in [1.82, 2.24) is 0 Å². The summed E-state index contributed by atoms with van der Waals surface area (Å²) in [5.41, 5.74) is 5.37. The maximum Gasteiger partial charge on any atom is 0.341 e. The molecule has 0 heterocycles. The second kappa shape index (κ2) is 7.81. The molecular weight excluding hydrogens is 264 g/mol. The maximum atomic E-state index is 11.4. The quantitative estimate of drug-likeness (QED) is 0.228. The van der Waals surface area contributed by atoms with Crippen molar-refractivity contribution >= 4 is 22.9 Å². The topological polar surface area (TPSA) is 98.1 Å². The van der Waals surface area contributed by atoms with Crippen LogP contribution in [0.2, 0.25) is 0 Å². The molecule has 0 aliphatic carbocycles. The lowest BCUT2D eigenvalue weighted by molar-refractivity contribution is -0.110. The van der Waals surface area contributed by atoms with E-state index >= 15 is 0 Å². The summed E-state index contributed by atoms with van der Waals surface area (Å²) in [6.45, 7) is 0.190. The predicted molar refractivity (Wildman–Crippen MR) is 62.0 cm³/mol. The summed E-state index contributed by atoms with van der Waals surface area (Å²) in [6.07, 6.45) is 0. The minimum atomic E-state index is -0.561. The number of benzene rings is 1. The fraction of sp³-hybridized carbons (Fsp3) is 0.200. The summed E-state index contributed by atoms with van der Waals surface area (Å²) < 4.78 is 4.92. The van der Waals surface area contributed by atoms with E-state index in [1.165, 1.54) is 23.9 Å². The lowest BCUT2D eigenvalue weighted by Gasteiger charge is -2.04. The third-order valence-corrected chi connectivity index (χ3v) is 2.41. The number of thioether (sulfide) groups is 1. The molecule has 1 aromatic carbocycles. The van der Waals surface area contributed by atoms with Crippen molar-refractivity contribution in [1.29, 1.82) is 0 Å². The highest BCUT2D eigenvalue weighted by atomic mass is 35.5. The molecule has 0 amide bonds. The number of halogens is 1. The van der Waals surface area contributed by atoms with Crippen molar-refractivity contribution in [3.8, 4) is 5.75 Å². The van der Waals surface area contributed by atoms with E-state index in [4.69, 9.17) is 15.9 Å². The van der Waals surface area contributed by atoms with Crippen molar-refractivity contribution in [2.45, 2.75) is 0 Å². The van der Waals surface area contributed by atoms with Crippen molar-refractivity contribution in [2.75, 3.05) is 12.4 Å². The molecule has 5 nitrogen and oxygen atoms in total. The molecule has 17 heavy (non-hydrogen) atoms. The first-order valence-electron chi connectivity index (χ1n) is 4.57. The minimum Gasteiger partial charge on any atom is -1.00 e. The fourth-order valence-electron chi connectivity index (χ4n) is 1.02. The highest BCUT2D eigenvalue weighted by Gasteiger charge is 2.11. The van der Waals surface area contributed by atoms with Gasteiger partial charge in [-0.2, -0.15) is 0 Å². The van der Waals surface area contributed by atoms with Crippen LogP contribution in [-0.4, -0.2) is 28.6 Å². The van der Waals surface area contributed by atoms with E-state index in [-0.39, 0.29) is 35.5 Å². The highest BCUT2D eigenvalue weighted by Crippen LogP contribution is 2.16. The molecule has 7 heteroatoms. The molecule has 0 saturated carbocycles. The number of carbonyl (C=O) groups excluding carboxylic acids is 1. The van der Waals surface area contributed by atoms with E-state index in [0.29, 0.717) is 5.75 Å². The third-order valence-electron chi connectivity index (χ3n) is 1.71. The van der Waals surface area contributed by atoms with Gasteiger partial charge in [0.2, 0.25) is 0 Å². The third kappa shape index (κ3) is 5.46. The Kier molecular flexibility index (Phi) is 7.16. The van der Waals surface area contributed by atoms with Gasteiger partial charge >= 0.3 is 5.97 Å². The van der Waals surface area contributed by atoms with E-state index in [1.807, 2.05) is 0 Å². The van der Waals surface area contributed by atoms with Gasteiger partial charge in [0.15, 0.2) is 0 Å². The summed E-state index contributed by atoms with van der Waals surface area (Å²) in [7, 11) is 0. The molecule has 5 N–H and O–H groups in total. The molecule has 0 saturated heterocycles. The number of aromatic hydroxyl groups is 1. The van der Waals surface area contributed by atoms with Gasteiger partial charge in [-0.3, -0.25) is 11.1 Å². The zero-order valence-corrected chi connectivity index (χ0v) is 10.5. The number of phenolic OH excluding ortho intramolecular Hbond substituents is 1. The summed E-state index contributed by atoms with van der Waals surface area (Å²) in [5, 5.41) is 14.8. The van der Waals surface area contributed by atoms with Gasteiger partial charge in [-0.05, 0) is 23.9 Å². The Morgan fingerprint density at radius 3 is 2.71 bits per heavy atom. The predicted octanol–water partition coefficient (Wildman–Crippen LogP) is -3.64. The molecule has 0 atom stereocenters. The van der Waals surface area contributed by atoms with Gasteiger partial charge < -0.3 is 22.3 Å². The molecule has 0 aromatic heterocycles. The Hall–Kier alpha value is -1.40. The number of amidine groups is 1. The number of hydrogen-bond donors (Lipinski definition) is 3. The number of hydrogen-bond acceptors (Lipinski definition) is 4. The number of carbonyl (C=O) groups is 1. The fourth-order valence-corrected chi connectivity index (χ4v) is 1.42. The van der Waals surface area contributed by atoms with E-state index in [1.54, 1.807) is 12.1 Å². The van der Waals surface area contributed by atoms with Gasteiger partial charge in [0.1, 0.15) is 17.9 Å². The van der Waals surface area contributed by atoms with Gasteiger partial charge in [-0.15, -0.1) is 0 Å². The van der Waals surface area contributed by atoms with Crippen LogP contribution in [0.3, 0.4) is 0 Å². The molecule has 0 bridgehead atoms. The Morgan fingerprint density at radius 2 is 2.12 bits per heavy atom. The Balaban J connectivity index is 0.00000256. The molecule has 1 rings (SSSR count). The number of phenols is 1. The minimum absolute atomic E-state index is 0. The Morgan fingerprint density at radius 1 is 1.47 bits per heavy atom. The molecule has 0 spiro atoms. The smallest absolute Gasteiger partial charge is 0.341 e. The van der Waals surface area contributed by atoms with Crippen LogP contribution >= 0.6 is 11.8 Å². The average Bonchev–Trinajstić information content (AvgIpc) is 2.24. The standard InChI is InChI=1S/C10H12N2O3S.ClH/c11-10(12)16-6-5-15-9(14)7-3-1-2-4-8(7)13;/h1-4,13H,5-6H2,(H3,11,12);1H. The van der Waals surface area contributed by atoms with Crippen molar-refractivity contribution in [3.63, 3.8) is 0 Å². The van der Waals surface area contributed by atoms with E-state index in [0.717, 1.165) is 0 Å². The number of para-hydroxylation sites is 1. The van der Waals surface area contributed by atoms with Crippen LogP contribution in [0.25, 0.3) is 0 Å². The van der Waals surface area contributed by atoms with Crippen molar-refractivity contribution < 1.29 is 32.5 Å². The lowest BCUT2D eigenvalue weighted by atomic mass is 10.2. The van der Waals surface area contributed by atoms with Crippen LogP contribution < -0.4 is 23.5 Å². The second-order valence-corrected chi connectivity index (χ2v) is 4.07. The Bertz CT molecular complexity index is 401. The molecule has 0 unspecified atom stereocenters. The molecule has 1 aromatic rings. The summed E-state index contributed by atoms with van der Waals surface area (Å²) >= 11 is 1.21. The van der Waals surface area contributed by atoms with Gasteiger partial charge in [0.25, 0.3) is 5.17 Å². The maximum absolute atomic E-state index is 11.4. The van der Waals surface area contributed by atoms with Crippen LogP contribution in [0, 0.1) is 0 Å². The monoisotopic (exact) mass is 276 g/mol. The molecule has 0 aliphatic rings. The summed E-state index contributed by atoms with van der Waals surface area (Å²) in [4.78, 5) is 11.4. The van der Waals surface area contributed by atoms with Crippen molar-refractivity contribution in [2.24, 2.45) is 5.73 Å². The Labute approximate surface area is 109 Å². The zero-order chi connectivity index (χ0) is 12.0. The first-order valence-corrected chi connectivity index (χ1v) is 5.55. The van der Waals surface area contributed by atoms with E-state index in [2.05, 4.69) is 0 Å². The van der Waals surface area contributed by atoms with Crippen LogP contribution in [-0.2, 0) is 4.74 Å². The van der Waals surface area contributed by atoms with Gasteiger partial charge in [0.05, 0.1) is 0 Å².